The second-order valence-corrected chi connectivity index (χ2v) is 30.4. The Kier molecular flexibility index (Phi) is 59.2. The molecule has 0 atom stereocenters. The van der Waals surface area contributed by atoms with Crippen LogP contribution in [0.4, 0.5) is 0 Å². The van der Waals surface area contributed by atoms with Crippen molar-refractivity contribution in [3.05, 3.63) is 0 Å². The minimum atomic E-state index is 0.573. The van der Waals surface area contributed by atoms with Crippen LogP contribution < -0.4 is 0 Å². The number of quaternary nitrogens is 5. The van der Waals surface area contributed by atoms with Crippen LogP contribution in [0.3, 0.4) is 0 Å². The van der Waals surface area contributed by atoms with Crippen molar-refractivity contribution in [3.63, 3.8) is 0 Å². The first kappa shape index (κ1) is 93.2. The van der Waals surface area contributed by atoms with E-state index in [1.54, 1.807) is 0 Å². The zero-order valence-corrected chi connectivity index (χ0v) is 64.9. The topological polar surface area (TPSA) is 53.1 Å². The summed E-state index contributed by atoms with van der Waals surface area (Å²) in [6, 6.07) is 4.87. The monoisotopic (exact) mass is 1220 g/mol. The van der Waals surface area contributed by atoms with Crippen molar-refractivity contribution in [2.45, 2.75) is 239 Å². The minimum Gasteiger partial charge on any atom is -0.380 e. The van der Waals surface area contributed by atoms with Gasteiger partial charge in [0.25, 0.3) is 0 Å². The summed E-state index contributed by atoms with van der Waals surface area (Å²) in [5.74, 6) is 0. The highest BCUT2D eigenvalue weighted by atomic mass is 16.5. The van der Waals surface area contributed by atoms with E-state index in [0.29, 0.717) is 61.5 Å². The third kappa shape index (κ3) is 60.8. The zero-order valence-electron chi connectivity index (χ0n) is 64.9. The third-order valence-electron chi connectivity index (χ3n) is 17.4. The molecule has 0 aromatic heterocycles. The molecule has 85 heavy (non-hydrogen) atoms. The maximum atomic E-state index is 5.79. The first-order valence-electron chi connectivity index (χ1n) is 35.3. The largest absolute Gasteiger partial charge is 0.380 e. The molecule has 0 amide bonds. The molecule has 0 saturated carbocycles. The van der Waals surface area contributed by atoms with Gasteiger partial charge in [-0.2, -0.15) is 0 Å². The van der Waals surface area contributed by atoms with Gasteiger partial charge < -0.3 is 46.3 Å². The Balaban J connectivity index is -0.000000316. The van der Waals surface area contributed by atoms with Gasteiger partial charge in [-0.25, -0.2) is 0 Å². The van der Waals surface area contributed by atoms with E-state index in [9.17, 15) is 0 Å². The molecule has 0 aromatic carbocycles. The Morgan fingerprint density at radius 3 is 0.835 bits per heavy atom. The molecule has 0 unspecified atom stereocenters. The van der Waals surface area contributed by atoms with Gasteiger partial charge in [0.1, 0.15) is 6.54 Å². The van der Waals surface area contributed by atoms with Gasteiger partial charge >= 0.3 is 0 Å². The molecule has 0 heterocycles. The van der Waals surface area contributed by atoms with Crippen LogP contribution in [-0.2, 0) is 18.9 Å². The third-order valence-corrected chi connectivity index (χ3v) is 17.4. The van der Waals surface area contributed by atoms with Crippen molar-refractivity contribution in [2.24, 2.45) is 0 Å². The van der Waals surface area contributed by atoms with E-state index >= 15 is 0 Å². The van der Waals surface area contributed by atoms with Crippen molar-refractivity contribution in [1.82, 2.24) is 24.5 Å². The van der Waals surface area contributed by atoms with E-state index in [1.165, 1.54) is 102 Å². The number of nitrogens with zero attached hydrogens (tertiary/aromatic N) is 10. The van der Waals surface area contributed by atoms with Crippen LogP contribution in [0.2, 0.25) is 0 Å². The molecule has 14 heteroatoms. The fourth-order valence-electron chi connectivity index (χ4n) is 10.0. The van der Waals surface area contributed by atoms with Crippen LogP contribution in [0.1, 0.15) is 190 Å². The van der Waals surface area contributed by atoms with Crippen molar-refractivity contribution in [2.75, 3.05) is 236 Å². The predicted octanol–water partition coefficient (Wildman–Crippen LogP) is 12.2. The van der Waals surface area contributed by atoms with Gasteiger partial charge in [0.2, 0.25) is 0 Å². The maximum absolute atomic E-state index is 5.79. The summed E-state index contributed by atoms with van der Waals surface area (Å²) < 4.78 is 28.3. The Morgan fingerprint density at radius 1 is 0.247 bits per heavy atom. The quantitative estimate of drug-likeness (QED) is 0.0438. The van der Waals surface area contributed by atoms with E-state index in [1.807, 2.05) is 0 Å². The van der Waals surface area contributed by atoms with Gasteiger partial charge in [-0.05, 0) is 185 Å². The van der Waals surface area contributed by atoms with Crippen molar-refractivity contribution < 1.29 is 41.4 Å². The smallest absolute Gasteiger partial charge is 0.102 e. The van der Waals surface area contributed by atoms with Crippen molar-refractivity contribution in [3.8, 4) is 0 Å². The normalized spacial score (nSPS) is 12.9. The molecule has 0 spiro atoms. The predicted molar refractivity (Wildman–Crippen MR) is 380 cm³/mol. The Hall–Kier alpha value is -0.560. The minimum absolute atomic E-state index is 0.573. The van der Waals surface area contributed by atoms with E-state index < -0.39 is 0 Å². The maximum Gasteiger partial charge on any atom is 0.102 e. The average molecular weight is 1230 g/mol. The summed E-state index contributed by atoms with van der Waals surface area (Å²) in [5.41, 5.74) is 0. The van der Waals surface area contributed by atoms with Crippen molar-refractivity contribution >= 4 is 0 Å². The highest BCUT2D eigenvalue weighted by molar-refractivity contribution is 4.69. The number of ether oxygens (including phenoxy) is 4. The van der Waals surface area contributed by atoms with E-state index in [-0.39, 0.29) is 0 Å². The fourth-order valence-corrected chi connectivity index (χ4v) is 10.0. The highest BCUT2D eigenvalue weighted by Gasteiger charge is 2.20. The molecule has 520 valence electrons. The summed E-state index contributed by atoms with van der Waals surface area (Å²) in [6.07, 6.45) is 9.10. The molecule has 0 bridgehead atoms. The van der Waals surface area contributed by atoms with Crippen LogP contribution in [0, 0.1) is 0 Å². The highest BCUT2D eigenvalue weighted by Crippen LogP contribution is 2.10. The van der Waals surface area contributed by atoms with Gasteiger partial charge in [0.05, 0.1) is 182 Å². The van der Waals surface area contributed by atoms with Crippen LogP contribution in [-0.4, -0.2) is 331 Å². The lowest BCUT2D eigenvalue weighted by molar-refractivity contribution is -0.890. The Bertz CT molecular complexity index is 1370. The van der Waals surface area contributed by atoms with Crippen LogP contribution in [0.15, 0.2) is 0 Å². The van der Waals surface area contributed by atoms with Crippen LogP contribution in [0.5, 0.6) is 0 Å². The second-order valence-electron chi connectivity index (χ2n) is 30.4. The van der Waals surface area contributed by atoms with Crippen LogP contribution in [0.25, 0.3) is 0 Å². The SMILES string of the molecule is CCC[N+](C)(C)CCCOCCN(C(C)C)C(C)C.CC[N+](C)(C)CCCCCCN(C)C.CC[N+](C)(C)CCCOCCN(C(C)C)C(C)C.CC[N+](C)(C)CCN(C(C)C)C(C)C.CC[N+](C)(C)CCOCCOCCN(C(C)C)C(C)C. The van der Waals surface area contributed by atoms with E-state index in [2.05, 4.69) is 254 Å². The fraction of sp³-hybridized carbons (Fsp3) is 1.00. The van der Waals surface area contributed by atoms with Gasteiger partial charge in [0.15, 0.2) is 0 Å². The molecule has 14 nitrogen and oxygen atoms in total. The van der Waals surface area contributed by atoms with Gasteiger partial charge in [-0.3, -0.25) is 19.6 Å². The number of hydrogen-bond donors (Lipinski definition) is 0. The van der Waals surface area contributed by atoms with Gasteiger partial charge in [0, 0.05) is 87.4 Å². The molecule has 0 rings (SSSR count). The molecule has 0 fully saturated rings. The number of likely N-dealkylation sites (N-methyl/N-ethyl adjacent to an activating group) is 2. The summed E-state index contributed by atoms with van der Waals surface area (Å²) in [6.45, 7) is 71.5. The first-order chi connectivity index (χ1) is 39.2. The molecule has 0 N–H and O–H groups in total. The summed E-state index contributed by atoms with van der Waals surface area (Å²) in [4.78, 5) is 12.2. The standard InChI is InChI=1S/C16H37N2O2.C16H37N2O.C15H35N2O.2C12H29N2/c1-8-18(6,7)10-12-20-14-13-19-11-9-17(15(2)3)16(4)5;1-8-11-18(6,7)12-9-13-19-14-10-17(15(2)3)16(4)5;1-8-17(6,7)11-9-12-18-13-10-16(14(2)3)15(4)5;1-8-14(6,7)10-9-13(11(2)3)12(4)5;1-6-14(4,5)12-10-8-7-9-11-13(2)3/h15-16H,8-14H2,1-7H3;15-16H,8-14H2,1-7H3;14-15H,8-13H2,1-7H3;11-12H,8-10H2,1-7H3;6-12H2,1-5H3/q5*+1. The molecular weight excluding hydrogens is 1060 g/mol. The number of unbranched alkanes of at least 4 members (excludes halogenated alkanes) is 3. The van der Waals surface area contributed by atoms with E-state index in [0.717, 1.165) is 103 Å². The summed E-state index contributed by atoms with van der Waals surface area (Å²) in [7, 11) is 27.2. The van der Waals surface area contributed by atoms with Gasteiger partial charge in [-0.1, -0.05) is 13.3 Å². The molecule has 0 aromatic rings. The second kappa shape index (κ2) is 54.0. The lowest BCUT2D eigenvalue weighted by Gasteiger charge is -2.35. The summed E-state index contributed by atoms with van der Waals surface area (Å²) in [5, 5.41) is 0. The Labute approximate surface area is 537 Å². The lowest BCUT2D eigenvalue weighted by atomic mass is 10.2. The van der Waals surface area contributed by atoms with Crippen molar-refractivity contribution in [1.29, 1.82) is 0 Å². The molecule has 0 aliphatic carbocycles. The van der Waals surface area contributed by atoms with Crippen LogP contribution >= 0.6 is 0 Å². The number of hydrogen-bond acceptors (Lipinski definition) is 9. The van der Waals surface area contributed by atoms with Gasteiger partial charge in [-0.15, -0.1) is 0 Å². The summed E-state index contributed by atoms with van der Waals surface area (Å²) >= 11 is 0. The molecular formula is C71H167N10O4+5. The Morgan fingerprint density at radius 2 is 0.518 bits per heavy atom. The molecule has 0 aliphatic heterocycles. The molecule has 0 saturated heterocycles. The zero-order chi connectivity index (χ0) is 67.0. The average Bonchev–Trinajstić information content (AvgIpc) is 3.39. The molecule has 0 aliphatic rings. The first-order valence-corrected chi connectivity index (χ1v) is 35.3. The molecule has 0 radical (unpaired) electrons. The number of rotatable bonds is 47. The van der Waals surface area contributed by atoms with E-state index in [4.69, 9.17) is 18.9 Å². The lowest BCUT2D eigenvalue weighted by Crippen LogP contribution is -2.48.